The van der Waals surface area contributed by atoms with E-state index in [9.17, 15) is 4.79 Å². The van der Waals surface area contributed by atoms with Crippen LogP contribution in [0, 0.1) is 5.92 Å². The number of nitrogens with zero attached hydrogens (tertiary/aromatic N) is 1. The summed E-state index contributed by atoms with van der Waals surface area (Å²) in [5.74, 6) is 2.24. The molecule has 0 radical (unpaired) electrons. The molecule has 0 N–H and O–H groups in total. The number of amides is 1. The van der Waals surface area contributed by atoms with Gasteiger partial charge in [-0.1, -0.05) is 6.92 Å². The minimum absolute atomic E-state index is 0.107. The second kappa shape index (κ2) is 5.73. The lowest BCUT2D eigenvalue weighted by molar-refractivity contribution is 0.0746. The van der Waals surface area contributed by atoms with Crippen molar-refractivity contribution < 1.29 is 14.3 Å². The van der Waals surface area contributed by atoms with Crippen molar-refractivity contribution in [1.29, 1.82) is 0 Å². The Bertz CT molecular complexity index is 496. The van der Waals surface area contributed by atoms with Gasteiger partial charge in [0.2, 0.25) is 0 Å². The van der Waals surface area contributed by atoms with Crippen LogP contribution >= 0.6 is 0 Å². The molecule has 1 aromatic carbocycles. The summed E-state index contributed by atoms with van der Waals surface area (Å²) in [6.07, 6.45) is 3.51. The molecule has 4 heteroatoms. The Morgan fingerprint density at radius 3 is 2.70 bits per heavy atom. The standard InChI is InChI=1S/C16H21NO3/c1-2-7-17(11-12-3-4-12)16(18)13-5-6-14-15(10-13)20-9-8-19-14/h5-6,10,12H,2-4,7-9,11H2,1H3. The monoisotopic (exact) mass is 275 g/mol. The largest absolute Gasteiger partial charge is 0.486 e. The summed E-state index contributed by atoms with van der Waals surface area (Å²) in [5.41, 5.74) is 0.698. The quantitative estimate of drug-likeness (QED) is 0.829. The maximum Gasteiger partial charge on any atom is 0.254 e. The Kier molecular flexibility index (Phi) is 3.81. The van der Waals surface area contributed by atoms with Gasteiger partial charge in [-0.3, -0.25) is 4.79 Å². The van der Waals surface area contributed by atoms with Crippen molar-refractivity contribution in [3.8, 4) is 11.5 Å². The molecule has 0 bridgehead atoms. The maximum atomic E-state index is 12.6. The second-order valence-corrected chi connectivity index (χ2v) is 5.55. The molecule has 1 heterocycles. The van der Waals surface area contributed by atoms with Crippen molar-refractivity contribution >= 4 is 5.91 Å². The first-order chi connectivity index (χ1) is 9.78. The van der Waals surface area contributed by atoms with E-state index in [0.29, 0.717) is 30.4 Å². The molecule has 20 heavy (non-hydrogen) atoms. The Morgan fingerprint density at radius 2 is 2.00 bits per heavy atom. The lowest BCUT2D eigenvalue weighted by atomic mass is 10.1. The van der Waals surface area contributed by atoms with Crippen molar-refractivity contribution in [3.05, 3.63) is 23.8 Å². The van der Waals surface area contributed by atoms with E-state index in [0.717, 1.165) is 25.3 Å². The van der Waals surface area contributed by atoms with Gasteiger partial charge in [-0.2, -0.15) is 0 Å². The summed E-state index contributed by atoms with van der Waals surface area (Å²) in [7, 11) is 0. The molecule has 108 valence electrons. The molecule has 0 aromatic heterocycles. The number of fused-ring (bicyclic) bond motifs is 1. The zero-order chi connectivity index (χ0) is 13.9. The Labute approximate surface area is 119 Å². The fourth-order valence-corrected chi connectivity index (χ4v) is 2.52. The van der Waals surface area contributed by atoms with Crippen LogP contribution < -0.4 is 9.47 Å². The minimum Gasteiger partial charge on any atom is -0.486 e. The number of carbonyl (C=O) groups is 1. The molecule has 0 saturated heterocycles. The van der Waals surface area contributed by atoms with E-state index in [1.165, 1.54) is 12.8 Å². The van der Waals surface area contributed by atoms with Crippen molar-refractivity contribution in [2.75, 3.05) is 26.3 Å². The van der Waals surface area contributed by atoms with Crippen LogP contribution in [0.2, 0.25) is 0 Å². The molecular weight excluding hydrogens is 254 g/mol. The summed E-state index contributed by atoms with van der Waals surface area (Å²) >= 11 is 0. The fourth-order valence-electron chi connectivity index (χ4n) is 2.52. The second-order valence-electron chi connectivity index (χ2n) is 5.55. The molecular formula is C16H21NO3. The van der Waals surface area contributed by atoms with Gasteiger partial charge in [0.15, 0.2) is 11.5 Å². The molecule has 1 aliphatic heterocycles. The van der Waals surface area contributed by atoms with Gasteiger partial charge in [0.25, 0.3) is 5.91 Å². The molecule has 0 spiro atoms. The number of hydrogen-bond acceptors (Lipinski definition) is 3. The van der Waals surface area contributed by atoms with E-state index in [1.54, 1.807) is 0 Å². The molecule has 2 aliphatic rings. The van der Waals surface area contributed by atoms with Gasteiger partial charge in [0, 0.05) is 18.7 Å². The van der Waals surface area contributed by atoms with Crippen LogP contribution in [0.4, 0.5) is 0 Å². The highest BCUT2D eigenvalue weighted by Crippen LogP contribution is 2.33. The fraction of sp³-hybridized carbons (Fsp3) is 0.562. The molecule has 3 rings (SSSR count). The third-order valence-corrected chi connectivity index (χ3v) is 3.75. The van der Waals surface area contributed by atoms with Crippen molar-refractivity contribution in [2.45, 2.75) is 26.2 Å². The Morgan fingerprint density at radius 1 is 1.25 bits per heavy atom. The van der Waals surface area contributed by atoms with Crippen molar-refractivity contribution in [2.24, 2.45) is 5.92 Å². The molecule has 1 aliphatic carbocycles. The number of rotatable bonds is 5. The zero-order valence-electron chi connectivity index (χ0n) is 11.9. The molecule has 0 atom stereocenters. The normalized spacial score (nSPS) is 16.9. The first kappa shape index (κ1) is 13.3. The molecule has 4 nitrogen and oxygen atoms in total. The average Bonchev–Trinajstić information content (AvgIpc) is 3.29. The number of carbonyl (C=O) groups excluding carboxylic acids is 1. The van der Waals surface area contributed by atoms with E-state index < -0.39 is 0 Å². The predicted molar refractivity (Wildman–Crippen MR) is 76.4 cm³/mol. The third kappa shape index (κ3) is 2.89. The van der Waals surface area contributed by atoms with Crippen LogP contribution in [0.5, 0.6) is 11.5 Å². The van der Waals surface area contributed by atoms with Crippen molar-refractivity contribution in [1.82, 2.24) is 4.90 Å². The average molecular weight is 275 g/mol. The van der Waals surface area contributed by atoms with Crippen LogP contribution in [0.15, 0.2) is 18.2 Å². The Balaban J connectivity index is 1.76. The lowest BCUT2D eigenvalue weighted by Crippen LogP contribution is -2.33. The zero-order valence-corrected chi connectivity index (χ0v) is 11.9. The highest BCUT2D eigenvalue weighted by Gasteiger charge is 2.27. The third-order valence-electron chi connectivity index (χ3n) is 3.75. The van der Waals surface area contributed by atoms with Gasteiger partial charge in [0.05, 0.1) is 0 Å². The molecule has 1 fully saturated rings. The van der Waals surface area contributed by atoms with E-state index in [1.807, 2.05) is 23.1 Å². The summed E-state index contributed by atoms with van der Waals surface area (Å²) in [5, 5.41) is 0. The van der Waals surface area contributed by atoms with Gasteiger partial charge in [-0.25, -0.2) is 0 Å². The summed E-state index contributed by atoms with van der Waals surface area (Å²) in [6, 6.07) is 5.49. The van der Waals surface area contributed by atoms with Gasteiger partial charge < -0.3 is 14.4 Å². The van der Waals surface area contributed by atoms with E-state index in [4.69, 9.17) is 9.47 Å². The SMILES string of the molecule is CCCN(CC1CC1)C(=O)c1ccc2c(c1)OCCO2. The number of benzene rings is 1. The van der Waals surface area contributed by atoms with E-state index in [2.05, 4.69) is 6.92 Å². The predicted octanol–water partition coefficient (Wildman–Crippen LogP) is 2.72. The summed E-state index contributed by atoms with van der Waals surface area (Å²) in [4.78, 5) is 14.6. The van der Waals surface area contributed by atoms with Crippen molar-refractivity contribution in [3.63, 3.8) is 0 Å². The number of hydrogen-bond donors (Lipinski definition) is 0. The molecule has 0 unspecified atom stereocenters. The van der Waals surface area contributed by atoms with Crippen LogP contribution in [0.1, 0.15) is 36.5 Å². The summed E-state index contributed by atoms with van der Waals surface area (Å²) in [6.45, 7) is 4.94. The van der Waals surface area contributed by atoms with Crippen LogP contribution in [-0.2, 0) is 0 Å². The Hall–Kier alpha value is -1.71. The van der Waals surface area contributed by atoms with Crippen LogP contribution in [0.3, 0.4) is 0 Å². The smallest absolute Gasteiger partial charge is 0.254 e. The van der Waals surface area contributed by atoms with Gasteiger partial charge in [-0.05, 0) is 43.4 Å². The van der Waals surface area contributed by atoms with Crippen LogP contribution in [0.25, 0.3) is 0 Å². The first-order valence-corrected chi connectivity index (χ1v) is 7.47. The van der Waals surface area contributed by atoms with E-state index in [-0.39, 0.29) is 5.91 Å². The highest BCUT2D eigenvalue weighted by atomic mass is 16.6. The maximum absolute atomic E-state index is 12.6. The van der Waals surface area contributed by atoms with Gasteiger partial charge in [-0.15, -0.1) is 0 Å². The lowest BCUT2D eigenvalue weighted by Gasteiger charge is -2.23. The molecule has 1 saturated carbocycles. The number of ether oxygens (including phenoxy) is 2. The summed E-state index contributed by atoms with van der Waals surface area (Å²) < 4.78 is 11.0. The molecule has 1 aromatic rings. The highest BCUT2D eigenvalue weighted by molar-refractivity contribution is 5.95. The van der Waals surface area contributed by atoms with E-state index >= 15 is 0 Å². The van der Waals surface area contributed by atoms with Gasteiger partial charge >= 0.3 is 0 Å². The van der Waals surface area contributed by atoms with Crippen LogP contribution in [-0.4, -0.2) is 37.1 Å². The van der Waals surface area contributed by atoms with Gasteiger partial charge in [0.1, 0.15) is 13.2 Å². The topological polar surface area (TPSA) is 38.8 Å². The minimum atomic E-state index is 0.107. The molecule has 1 amide bonds. The first-order valence-electron chi connectivity index (χ1n) is 7.47.